The van der Waals surface area contributed by atoms with Crippen molar-refractivity contribution in [3.8, 4) is 16.8 Å². The SMILES string of the molecule is O=C(Nc1c(F)cnn1-c1ccc(-c2ccc(C3(C(=O)O)CC3)cc2F)cc1)OCCc1ccccc1Cl. The highest BCUT2D eigenvalue weighted by molar-refractivity contribution is 6.31. The Balaban J connectivity index is 1.28. The molecule has 1 aliphatic carbocycles. The second-order valence-corrected chi connectivity index (χ2v) is 9.39. The summed E-state index contributed by atoms with van der Waals surface area (Å²) in [4.78, 5) is 23.8. The van der Waals surface area contributed by atoms with Gasteiger partial charge in [-0.25, -0.2) is 18.3 Å². The number of anilines is 1. The van der Waals surface area contributed by atoms with Crippen molar-refractivity contribution in [2.24, 2.45) is 0 Å². The van der Waals surface area contributed by atoms with Gasteiger partial charge in [0.25, 0.3) is 0 Å². The number of hydrogen-bond donors (Lipinski definition) is 2. The number of carbonyl (C=O) groups is 2. The Morgan fingerprint density at radius 2 is 1.79 bits per heavy atom. The Morgan fingerprint density at radius 1 is 1.05 bits per heavy atom. The number of rotatable bonds is 8. The zero-order valence-corrected chi connectivity index (χ0v) is 20.7. The van der Waals surface area contributed by atoms with Gasteiger partial charge in [0.05, 0.1) is 23.9 Å². The Bertz CT molecular complexity index is 1520. The Labute approximate surface area is 221 Å². The number of hydrogen-bond acceptors (Lipinski definition) is 4. The largest absolute Gasteiger partial charge is 0.481 e. The molecule has 1 heterocycles. The molecule has 1 aromatic heterocycles. The van der Waals surface area contributed by atoms with Crippen molar-refractivity contribution >= 4 is 29.5 Å². The van der Waals surface area contributed by atoms with Crippen LogP contribution in [0.2, 0.25) is 5.02 Å². The molecule has 1 fully saturated rings. The zero-order chi connectivity index (χ0) is 26.9. The molecule has 194 valence electrons. The second kappa shape index (κ2) is 10.3. The van der Waals surface area contributed by atoms with E-state index in [1.807, 2.05) is 12.1 Å². The first-order valence-corrected chi connectivity index (χ1v) is 12.2. The van der Waals surface area contributed by atoms with Crippen molar-refractivity contribution in [1.29, 1.82) is 0 Å². The van der Waals surface area contributed by atoms with Gasteiger partial charge >= 0.3 is 12.1 Å². The number of ether oxygens (including phenoxy) is 1. The Morgan fingerprint density at radius 3 is 2.45 bits per heavy atom. The molecule has 0 atom stereocenters. The highest BCUT2D eigenvalue weighted by Crippen LogP contribution is 2.49. The molecule has 0 radical (unpaired) electrons. The lowest BCUT2D eigenvalue weighted by atomic mass is 9.93. The van der Waals surface area contributed by atoms with Crippen LogP contribution in [-0.4, -0.2) is 33.6 Å². The van der Waals surface area contributed by atoms with E-state index in [4.69, 9.17) is 16.3 Å². The molecule has 0 saturated heterocycles. The molecule has 2 N–H and O–H groups in total. The van der Waals surface area contributed by atoms with Crippen molar-refractivity contribution in [3.63, 3.8) is 0 Å². The van der Waals surface area contributed by atoms with E-state index in [1.165, 1.54) is 10.7 Å². The number of amides is 1. The van der Waals surface area contributed by atoms with Gasteiger partial charge in [-0.05, 0) is 53.8 Å². The molecule has 0 aliphatic heterocycles. The first kappa shape index (κ1) is 25.4. The fraction of sp³-hybridized carbons (Fsp3) is 0.179. The fourth-order valence-corrected chi connectivity index (χ4v) is 4.53. The molecule has 1 saturated carbocycles. The summed E-state index contributed by atoms with van der Waals surface area (Å²) in [6.45, 7) is 0.0396. The van der Waals surface area contributed by atoms with E-state index in [-0.39, 0.29) is 12.4 Å². The summed E-state index contributed by atoms with van der Waals surface area (Å²) in [6.07, 6.45) is 1.47. The Hall–Kier alpha value is -4.24. The van der Waals surface area contributed by atoms with Gasteiger partial charge in [0.1, 0.15) is 5.82 Å². The first-order valence-electron chi connectivity index (χ1n) is 11.8. The topological polar surface area (TPSA) is 93.5 Å². The standard InChI is InChI=1S/C28H22ClF2N3O4/c29-22-4-2-1-3-18(22)11-14-38-27(37)33-25-24(31)16-32-34(25)20-8-5-17(6-9-20)21-10-7-19(15-23(21)30)28(12-13-28)26(35)36/h1-10,15-16H,11-14H2,(H,33,37)(H,35,36). The molecule has 1 amide bonds. The van der Waals surface area contributed by atoms with Crippen LogP contribution in [-0.2, 0) is 21.4 Å². The van der Waals surface area contributed by atoms with E-state index in [0.29, 0.717) is 46.7 Å². The van der Waals surface area contributed by atoms with Crippen molar-refractivity contribution in [3.05, 3.63) is 101 Å². The number of carboxylic acids is 1. The van der Waals surface area contributed by atoms with E-state index in [1.54, 1.807) is 48.5 Å². The average Bonchev–Trinajstić information content (AvgIpc) is 3.65. The van der Waals surface area contributed by atoms with Crippen molar-refractivity contribution < 1.29 is 28.2 Å². The summed E-state index contributed by atoms with van der Waals surface area (Å²) < 4.78 is 35.7. The molecule has 0 unspecified atom stereocenters. The smallest absolute Gasteiger partial charge is 0.412 e. The summed E-state index contributed by atoms with van der Waals surface area (Å²) in [5.74, 6) is -2.45. The molecule has 7 nitrogen and oxygen atoms in total. The van der Waals surface area contributed by atoms with Crippen LogP contribution in [0.4, 0.5) is 19.4 Å². The number of benzene rings is 3. The third kappa shape index (κ3) is 4.97. The summed E-state index contributed by atoms with van der Waals surface area (Å²) in [7, 11) is 0. The number of aliphatic carboxylic acids is 1. The zero-order valence-electron chi connectivity index (χ0n) is 20.0. The average molecular weight is 538 g/mol. The monoisotopic (exact) mass is 537 g/mol. The van der Waals surface area contributed by atoms with Crippen LogP contribution in [0.5, 0.6) is 0 Å². The molecule has 10 heteroatoms. The molecular formula is C28H22ClF2N3O4. The highest BCUT2D eigenvalue weighted by Gasteiger charge is 2.51. The van der Waals surface area contributed by atoms with Crippen molar-refractivity contribution in [2.45, 2.75) is 24.7 Å². The van der Waals surface area contributed by atoms with Gasteiger partial charge in [0.2, 0.25) is 0 Å². The number of nitrogens with one attached hydrogen (secondary N) is 1. The minimum absolute atomic E-state index is 0.0396. The molecule has 0 bridgehead atoms. The predicted molar refractivity (Wildman–Crippen MR) is 138 cm³/mol. The van der Waals surface area contributed by atoms with E-state index in [0.717, 1.165) is 11.8 Å². The molecule has 0 spiro atoms. The molecule has 4 aromatic rings. The van der Waals surface area contributed by atoms with Gasteiger partial charge in [0.15, 0.2) is 11.6 Å². The lowest BCUT2D eigenvalue weighted by Gasteiger charge is -2.13. The normalized spacial score (nSPS) is 13.7. The number of carbonyl (C=O) groups excluding carboxylic acids is 1. The quantitative estimate of drug-likeness (QED) is 0.272. The number of nitrogens with zero attached hydrogens (tertiary/aromatic N) is 2. The van der Waals surface area contributed by atoms with E-state index in [2.05, 4.69) is 10.4 Å². The van der Waals surface area contributed by atoms with Gasteiger partial charge in [-0.15, -0.1) is 0 Å². The second-order valence-electron chi connectivity index (χ2n) is 8.98. The van der Waals surface area contributed by atoms with Gasteiger partial charge in [-0.2, -0.15) is 5.10 Å². The number of carboxylic acid groups (broad SMARTS) is 1. The molecule has 5 rings (SSSR count). The minimum atomic E-state index is -0.994. The van der Waals surface area contributed by atoms with Crippen LogP contribution in [0.3, 0.4) is 0 Å². The maximum absolute atomic E-state index is 14.9. The van der Waals surface area contributed by atoms with Gasteiger partial charge in [-0.1, -0.05) is 54.1 Å². The predicted octanol–water partition coefficient (Wildman–Crippen LogP) is 6.38. The van der Waals surface area contributed by atoms with Crippen LogP contribution in [0, 0.1) is 11.6 Å². The van der Waals surface area contributed by atoms with Gasteiger partial charge in [-0.3, -0.25) is 10.1 Å². The van der Waals surface area contributed by atoms with Gasteiger partial charge < -0.3 is 9.84 Å². The fourth-order valence-electron chi connectivity index (χ4n) is 4.30. The summed E-state index contributed by atoms with van der Waals surface area (Å²) in [6, 6.07) is 18.1. The van der Waals surface area contributed by atoms with E-state index >= 15 is 0 Å². The Kier molecular flexibility index (Phi) is 6.86. The van der Waals surface area contributed by atoms with Crippen LogP contribution < -0.4 is 5.32 Å². The lowest BCUT2D eigenvalue weighted by Crippen LogP contribution is -2.19. The maximum atomic E-state index is 14.9. The third-order valence-electron chi connectivity index (χ3n) is 6.61. The van der Waals surface area contributed by atoms with Gasteiger partial charge in [0, 0.05) is 17.0 Å². The minimum Gasteiger partial charge on any atom is -0.481 e. The lowest BCUT2D eigenvalue weighted by molar-refractivity contribution is -0.140. The first-order chi connectivity index (χ1) is 18.3. The van der Waals surface area contributed by atoms with Crippen LogP contribution in [0.1, 0.15) is 24.0 Å². The number of halogens is 3. The number of aromatic nitrogens is 2. The van der Waals surface area contributed by atoms with Crippen molar-refractivity contribution in [1.82, 2.24) is 9.78 Å². The maximum Gasteiger partial charge on any atom is 0.412 e. The van der Waals surface area contributed by atoms with Crippen molar-refractivity contribution in [2.75, 3.05) is 11.9 Å². The van der Waals surface area contributed by atoms with Crippen LogP contribution in [0.25, 0.3) is 16.8 Å². The molecule has 3 aromatic carbocycles. The summed E-state index contributed by atoms with van der Waals surface area (Å²) >= 11 is 6.10. The van der Waals surface area contributed by atoms with Crippen LogP contribution >= 0.6 is 11.6 Å². The van der Waals surface area contributed by atoms with Crippen LogP contribution in [0.15, 0.2) is 72.9 Å². The highest BCUT2D eigenvalue weighted by atomic mass is 35.5. The molecule has 38 heavy (non-hydrogen) atoms. The third-order valence-corrected chi connectivity index (χ3v) is 6.98. The molecule has 1 aliphatic rings. The molecular weight excluding hydrogens is 516 g/mol. The van der Waals surface area contributed by atoms with E-state index < -0.39 is 29.1 Å². The van der Waals surface area contributed by atoms with E-state index in [9.17, 15) is 23.5 Å². The summed E-state index contributed by atoms with van der Waals surface area (Å²) in [5.41, 5.74) is 1.53. The summed E-state index contributed by atoms with van der Waals surface area (Å²) in [5, 5.41) is 16.4.